The number of rotatable bonds is 3. The molecule has 0 unspecified atom stereocenters. The standard InChI is InChI=1S/C23H23N7O/c1-28-7-8-30(23(28)31)17-5-3-14(4-6-17)18-11-21(29(2)27-18)22-25-19-9-15-12-24-13-16(15)10-20(19)26-22/h3-6,9-11,24H,7-8,12-13H2,1-2H3,(H,25,26). The van der Waals surface area contributed by atoms with Gasteiger partial charge in [0.05, 0.1) is 16.7 Å². The van der Waals surface area contributed by atoms with Crippen LogP contribution in [0.25, 0.3) is 33.8 Å². The van der Waals surface area contributed by atoms with Crippen molar-refractivity contribution in [3.8, 4) is 22.8 Å². The van der Waals surface area contributed by atoms with Gasteiger partial charge in [-0.25, -0.2) is 9.78 Å². The van der Waals surface area contributed by atoms with Gasteiger partial charge in [0, 0.05) is 51.5 Å². The lowest BCUT2D eigenvalue weighted by atomic mass is 10.1. The molecule has 2 aromatic carbocycles. The van der Waals surface area contributed by atoms with Crippen LogP contribution < -0.4 is 10.2 Å². The summed E-state index contributed by atoms with van der Waals surface area (Å²) in [6, 6.07) is 14.4. The summed E-state index contributed by atoms with van der Waals surface area (Å²) in [6.07, 6.45) is 0. The van der Waals surface area contributed by atoms with Crippen LogP contribution in [-0.2, 0) is 20.1 Å². The van der Waals surface area contributed by atoms with Crippen molar-refractivity contribution in [1.82, 2.24) is 30.0 Å². The van der Waals surface area contributed by atoms with E-state index in [-0.39, 0.29) is 6.03 Å². The van der Waals surface area contributed by atoms with Crippen molar-refractivity contribution in [1.29, 1.82) is 0 Å². The van der Waals surface area contributed by atoms with Crippen LogP contribution in [0.1, 0.15) is 11.1 Å². The minimum absolute atomic E-state index is 0.0412. The Kier molecular flexibility index (Phi) is 3.91. The number of aromatic amines is 1. The average molecular weight is 413 g/mol. The number of hydrogen-bond donors (Lipinski definition) is 2. The number of carbonyl (C=O) groups excluding carboxylic acids is 1. The van der Waals surface area contributed by atoms with Gasteiger partial charge >= 0.3 is 6.03 Å². The van der Waals surface area contributed by atoms with E-state index in [0.717, 1.165) is 59.1 Å². The molecule has 8 heteroatoms. The van der Waals surface area contributed by atoms with Crippen LogP contribution in [0.5, 0.6) is 0 Å². The summed E-state index contributed by atoms with van der Waals surface area (Å²) in [5.41, 5.74) is 8.40. The van der Waals surface area contributed by atoms with E-state index in [4.69, 9.17) is 10.1 Å². The van der Waals surface area contributed by atoms with Gasteiger partial charge < -0.3 is 15.2 Å². The van der Waals surface area contributed by atoms with E-state index >= 15 is 0 Å². The van der Waals surface area contributed by atoms with Crippen LogP contribution in [0, 0.1) is 0 Å². The number of nitrogens with zero attached hydrogens (tertiary/aromatic N) is 5. The summed E-state index contributed by atoms with van der Waals surface area (Å²) >= 11 is 0. The van der Waals surface area contributed by atoms with Gasteiger partial charge in [0.15, 0.2) is 5.82 Å². The molecule has 2 N–H and O–H groups in total. The molecular weight excluding hydrogens is 390 g/mol. The second kappa shape index (κ2) is 6.68. The van der Waals surface area contributed by atoms with Gasteiger partial charge in [0.25, 0.3) is 0 Å². The zero-order valence-corrected chi connectivity index (χ0v) is 17.5. The Balaban J connectivity index is 1.31. The van der Waals surface area contributed by atoms with Crippen LogP contribution >= 0.6 is 0 Å². The number of aromatic nitrogens is 4. The normalized spacial score (nSPS) is 16.0. The number of fused-ring (bicyclic) bond motifs is 2. The van der Waals surface area contributed by atoms with Crippen LogP contribution in [0.2, 0.25) is 0 Å². The zero-order chi connectivity index (χ0) is 21.1. The third-order valence-corrected chi connectivity index (χ3v) is 6.25. The lowest BCUT2D eigenvalue weighted by Gasteiger charge is -2.16. The largest absolute Gasteiger partial charge is 0.337 e. The Bertz CT molecular complexity index is 1280. The Labute approximate surface area is 179 Å². The first-order valence-electron chi connectivity index (χ1n) is 10.5. The number of imidazole rings is 1. The number of urea groups is 1. The molecule has 2 aliphatic heterocycles. The lowest BCUT2D eigenvalue weighted by Crippen LogP contribution is -2.29. The number of benzene rings is 2. The maximum absolute atomic E-state index is 12.2. The third kappa shape index (κ3) is 2.90. The highest BCUT2D eigenvalue weighted by Gasteiger charge is 2.26. The minimum Gasteiger partial charge on any atom is -0.337 e. The van der Waals surface area contributed by atoms with Crippen molar-refractivity contribution < 1.29 is 4.79 Å². The molecule has 156 valence electrons. The number of H-pyrrole nitrogens is 1. The van der Waals surface area contributed by atoms with Crippen molar-refractivity contribution in [2.24, 2.45) is 7.05 Å². The number of hydrogen-bond acceptors (Lipinski definition) is 4. The number of carbonyl (C=O) groups is 1. The molecule has 2 amide bonds. The first kappa shape index (κ1) is 18.1. The van der Waals surface area contributed by atoms with E-state index in [1.807, 2.05) is 43.0 Å². The molecule has 8 nitrogen and oxygen atoms in total. The molecule has 0 saturated carbocycles. The first-order chi connectivity index (χ1) is 15.1. The Morgan fingerprint density at radius 1 is 0.968 bits per heavy atom. The van der Waals surface area contributed by atoms with Crippen LogP contribution in [0.15, 0.2) is 42.5 Å². The molecule has 4 heterocycles. The molecule has 2 aromatic heterocycles. The van der Waals surface area contributed by atoms with Crippen LogP contribution in [-0.4, -0.2) is 50.8 Å². The quantitative estimate of drug-likeness (QED) is 0.541. The fourth-order valence-electron chi connectivity index (χ4n) is 4.46. The number of aryl methyl sites for hydroxylation is 1. The third-order valence-electron chi connectivity index (χ3n) is 6.25. The highest BCUT2D eigenvalue weighted by Crippen LogP contribution is 2.29. The maximum Gasteiger partial charge on any atom is 0.324 e. The van der Waals surface area contributed by atoms with Gasteiger partial charge in [-0.3, -0.25) is 9.58 Å². The molecule has 4 aromatic rings. The molecule has 0 radical (unpaired) electrons. The van der Waals surface area contributed by atoms with E-state index in [2.05, 4.69) is 28.5 Å². The maximum atomic E-state index is 12.2. The molecule has 1 saturated heterocycles. The highest BCUT2D eigenvalue weighted by molar-refractivity contribution is 5.94. The van der Waals surface area contributed by atoms with E-state index in [1.54, 1.807) is 9.80 Å². The Morgan fingerprint density at radius 3 is 2.48 bits per heavy atom. The van der Waals surface area contributed by atoms with Crippen molar-refractivity contribution >= 4 is 22.8 Å². The summed E-state index contributed by atoms with van der Waals surface area (Å²) in [7, 11) is 3.76. The van der Waals surface area contributed by atoms with Crippen LogP contribution in [0.4, 0.5) is 10.5 Å². The van der Waals surface area contributed by atoms with Gasteiger partial charge in [-0.15, -0.1) is 0 Å². The van der Waals surface area contributed by atoms with Crippen molar-refractivity contribution in [3.63, 3.8) is 0 Å². The lowest BCUT2D eigenvalue weighted by molar-refractivity contribution is 0.229. The SMILES string of the molecule is CN1CCN(c2ccc(-c3cc(-c4nc5cc6c(cc5[nH]4)CNC6)n(C)n3)cc2)C1=O. The second-order valence-corrected chi connectivity index (χ2v) is 8.27. The van der Waals surface area contributed by atoms with Gasteiger partial charge in [-0.05, 0) is 41.5 Å². The van der Waals surface area contributed by atoms with E-state index in [1.165, 1.54) is 11.1 Å². The van der Waals surface area contributed by atoms with Gasteiger partial charge in [0.2, 0.25) is 0 Å². The molecular formula is C23H23N7O. The fourth-order valence-corrected chi connectivity index (χ4v) is 4.46. The molecule has 2 aliphatic rings. The number of anilines is 1. The molecule has 0 atom stereocenters. The molecule has 0 aliphatic carbocycles. The summed E-state index contributed by atoms with van der Waals surface area (Å²) in [4.78, 5) is 24.0. The van der Waals surface area contributed by atoms with E-state index in [9.17, 15) is 4.79 Å². The van der Waals surface area contributed by atoms with E-state index < -0.39 is 0 Å². The minimum atomic E-state index is 0.0412. The van der Waals surface area contributed by atoms with Crippen molar-refractivity contribution in [2.45, 2.75) is 13.1 Å². The molecule has 6 rings (SSSR count). The second-order valence-electron chi connectivity index (χ2n) is 8.27. The van der Waals surface area contributed by atoms with Crippen LogP contribution in [0.3, 0.4) is 0 Å². The number of likely N-dealkylation sites (N-methyl/N-ethyl adjacent to an activating group) is 1. The Hall–Kier alpha value is -3.65. The van der Waals surface area contributed by atoms with Crippen molar-refractivity contribution in [2.75, 3.05) is 25.0 Å². The first-order valence-corrected chi connectivity index (χ1v) is 10.5. The number of amides is 2. The predicted octanol–water partition coefficient (Wildman–Crippen LogP) is 3.11. The summed E-state index contributed by atoms with van der Waals surface area (Å²) < 4.78 is 1.86. The summed E-state index contributed by atoms with van der Waals surface area (Å²) in [5, 5.41) is 8.08. The molecule has 31 heavy (non-hydrogen) atoms. The molecule has 0 spiro atoms. The van der Waals surface area contributed by atoms with Gasteiger partial charge in [0.1, 0.15) is 5.69 Å². The Morgan fingerprint density at radius 2 is 1.74 bits per heavy atom. The predicted molar refractivity (Wildman–Crippen MR) is 120 cm³/mol. The van der Waals surface area contributed by atoms with E-state index in [0.29, 0.717) is 6.54 Å². The van der Waals surface area contributed by atoms with Gasteiger partial charge in [-0.2, -0.15) is 5.10 Å². The molecule has 1 fully saturated rings. The summed E-state index contributed by atoms with van der Waals surface area (Å²) in [6.45, 7) is 3.28. The molecule has 0 bridgehead atoms. The van der Waals surface area contributed by atoms with Gasteiger partial charge in [-0.1, -0.05) is 12.1 Å². The fraction of sp³-hybridized carbons (Fsp3) is 0.261. The monoisotopic (exact) mass is 413 g/mol. The summed E-state index contributed by atoms with van der Waals surface area (Å²) in [5.74, 6) is 0.815. The smallest absolute Gasteiger partial charge is 0.324 e. The topological polar surface area (TPSA) is 82.1 Å². The average Bonchev–Trinajstić information content (AvgIpc) is 3.54. The van der Waals surface area contributed by atoms with Crippen molar-refractivity contribution in [3.05, 3.63) is 53.6 Å². The highest BCUT2D eigenvalue weighted by atomic mass is 16.2. The number of nitrogens with one attached hydrogen (secondary N) is 2. The zero-order valence-electron chi connectivity index (χ0n) is 17.5.